The van der Waals surface area contributed by atoms with Crippen LogP contribution in [0.3, 0.4) is 0 Å². The molecule has 0 aliphatic heterocycles. The third kappa shape index (κ3) is 3.14. The van der Waals surface area contributed by atoms with E-state index in [0.717, 1.165) is 5.56 Å². The van der Waals surface area contributed by atoms with Crippen LogP contribution in [0.4, 0.5) is 13.2 Å². The van der Waals surface area contributed by atoms with Crippen LogP contribution in [-0.4, -0.2) is 11.3 Å². The highest BCUT2D eigenvalue weighted by Crippen LogP contribution is 2.44. The molecule has 0 unspecified atom stereocenters. The highest BCUT2D eigenvalue weighted by molar-refractivity contribution is 5.84. The number of fused-ring (bicyclic) bond motifs is 1. The van der Waals surface area contributed by atoms with E-state index in [0.29, 0.717) is 35.8 Å². The van der Waals surface area contributed by atoms with Crippen LogP contribution >= 0.6 is 0 Å². The van der Waals surface area contributed by atoms with Crippen molar-refractivity contribution in [2.75, 3.05) is 0 Å². The molecule has 0 saturated heterocycles. The predicted molar refractivity (Wildman–Crippen MR) is 83.9 cm³/mol. The summed E-state index contributed by atoms with van der Waals surface area (Å²) in [5.74, 6) is -1.19. The van der Waals surface area contributed by atoms with Crippen LogP contribution in [-0.2, 0) is 6.42 Å². The van der Waals surface area contributed by atoms with Crippen LogP contribution in [0.15, 0.2) is 22.6 Å². The molecule has 0 radical (unpaired) electrons. The van der Waals surface area contributed by atoms with Gasteiger partial charge in [-0.25, -0.2) is 0 Å². The van der Waals surface area contributed by atoms with Crippen molar-refractivity contribution < 1.29 is 22.7 Å². The highest BCUT2D eigenvalue weighted by atomic mass is 19.4. The van der Waals surface area contributed by atoms with E-state index in [1.165, 1.54) is 0 Å². The zero-order valence-electron chi connectivity index (χ0n) is 13.4. The standard InChI is InChI=1S/C18H20F3NO2/c1-2-10-7-14-15(23)8-12(9-16(14)24-17(10)22)11-3-5-13(6-4-11)18(19,20)21/h7-9,11,13,22-23H,2-6H2,1H3. The Morgan fingerprint density at radius 1 is 1.17 bits per heavy atom. The Balaban J connectivity index is 1.90. The molecule has 1 heterocycles. The lowest BCUT2D eigenvalue weighted by Crippen LogP contribution is -2.27. The Labute approximate surface area is 137 Å². The highest BCUT2D eigenvalue weighted by Gasteiger charge is 2.41. The summed E-state index contributed by atoms with van der Waals surface area (Å²) in [4.78, 5) is 0. The third-order valence-electron chi connectivity index (χ3n) is 5.01. The van der Waals surface area contributed by atoms with Gasteiger partial charge in [-0.05, 0) is 61.8 Å². The number of halogens is 3. The van der Waals surface area contributed by atoms with Gasteiger partial charge in [0, 0.05) is 5.56 Å². The summed E-state index contributed by atoms with van der Waals surface area (Å²) in [5, 5.41) is 18.7. The minimum Gasteiger partial charge on any atom is -0.507 e. The Kier molecular flexibility index (Phi) is 4.32. The van der Waals surface area contributed by atoms with Crippen LogP contribution < -0.4 is 5.55 Å². The molecule has 0 amide bonds. The van der Waals surface area contributed by atoms with Crippen molar-refractivity contribution in [2.24, 2.45) is 5.92 Å². The number of alkyl halides is 3. The summed E-state index contributed by atoms with van der Waals surface area (Å²) in [6.07, 6.45) is -2.39. The molecule has 1 saturated carbocycles. The molecule has 1 aliphatic rings. The van der Waals surface area contributed by atoms with Gasteiger partial charge in [0.25, 0.3) is 0 Å². The molecule has 3 rings (SSSR count). The maximum absolute atomic E-state index is 12.8. The topological polar surface area (TPSA) is 57.2 Å². The molecule has 1 aromatic heterocycles. The first-order valence-corrected chi connectivity index (χ1v) is 8.20. The molecule has 0 spiro atoms. The first-order valence-electron chi connectivity index (χ1n) is 8.20. The van der Waals surface area contributed by atoms with Crippen LogP contribution in [0.2, 0.25) is 0 Å². The molecule has 6 heteroatoms. The summed E-state index contributed by atoms with van der Waals surface area (Å²) in [6, 6.07) is 5.12. The predicted octanol–water partition coefficient (Wildman–Crippen LogP) is 5.02. The number of benzene rings is 1. The van der Waals surface area contributed by atoms with E-state index >= 15 is 0 Å². The molecule has 0 bridgehead atoms. The molecule has 1 fully saturated rings. The van der Waals surface area contributed by atoms with E-state index in [9.17, 15) is 18.3 Å². The lowest BCUT2D eigenvalue weighted by atomic mass is 9.78. The molecule has 24 heavy (non-hydrogen) atoms. The van der Waals surface area contributed by atoms with Gasteiger partial charge in [-0.3, -0.25) is 5.41 Å². The van der Waals surface area contributed by atoms with E-state index < -0.39 is 12.1 Å². The van der Waals surface area contributed by atoms with Gasteiger partial charge in [0.05, 0.1) is 11.3 Å². The molecule has 1 aromatic carbocycles. The van der Waals surface area contributed by atoms with E-state index in [-0.39, 0.29) is 30.1 Å². The summed E-state index contributed by atoms with van der Waals surface area (Å²) in [6.45, 7) is 1.90. The second-order valence-electron chi connectivity index (χ2n) is 6.50. The largest absolute Gasteiger partial charge is 0.507 e. The summed E-state index contributed by atoms with van der Waals surface area (Å²) in [5.41, 5.74) is 1.96. The summed E-state index contributed by atoms with van der Waals surface area (Å²) >= 11 is 0. The molecular formula is C18H20F3NO2. The van der Waals surface area contributed by atoms with Crippen molar-refractivity contribution in [3.05, 3.63) is 34.9 Å². The molecule has 1 aliphatic carbocycles. The number of aryl methyl sites for hydroxylation is 1. The number of phenols is 1. The third-order valence-corrected chi connectivity index (χ3v) is 5.01. The van der Waals surface area contributed by atoms with Crippen molar-refractivity contribution in [3.63, 3.8) is 0 Å². The second-order valence-corrected chi connectivity index (χ2v) is 6.50. The van der Waals surface area contributed by atoms with Gasteiger partial charge in [0.2, 0.25) is 5.55 Å². The lowest BCUT2D eigenvalue weighted by Gasteiger charge is -2.30. The van der Waals surface area contributed by atoms with Crippen molar-refractivity contribution >= 4 is 11.0 Å². The molecule has 130 valence electrons. The van der Waals surface area contributed by atoms with E-state index in [1.807, 2.05) is 6.92 Å². The quantitative estimate of drug-likeness (QED) is 0.807. The Morgan fingerprint density at radius 3 is 2.42 bits per heavy atom. The average Bonchev–Trinajstić information content (AvgIpc) is 2.53. The van der Waals surface area contributed by atoms with Gasteiger partial charge >= 0.3 is 6.18 Å². The Bertz CT molecular complexity index is 802. The number of hydrogen-bond donors (Lipinski definition) is 2. The zero-order chi connectivity index (χ0) is 17.5. The van der Waals surface area contributed by atoms with E-state index in [4.69, 9.17) is 9.83 Å². The molecule has 0 atom stereocenters. The lowest BCUT2D eigenvalue weighted by molar-refractivity contribution is -0.182. The molecule has 2 aromatic rings. The van der Waals surface area contributed by atoms with Gasteiger partial charge in [-0.15, -0.1) is 0 Å². The van der Waals surface area contributed by atoms with Gasteiger partial charge in [-0.2, -0.15) is 13.2 Å². The fraction of sp³-hybridized carbons (Fsp3) is 0.500. The number of hydrogen-bond acceptors (Lipinski definition) is 3. The number of nitrogens with one attached hydrogen (secondary N) is 1. The van der Waals surface area contributed by atoms with Gasteiger partial charge in [-0.1, -0.05) is 6.92 Å². The van der Waals surface area contributed by atoms with Gasteiger partial charge in [0.15, 0.2) is 0 Å². The van der Waals surface area contributed by atoms with Crippen LogP contribution in [0.1, 0.15) is 49.7 Å². The fourth-order valence-corrected chi connectivity index (χ4v) is 3.53. The smallest absolute Gasteiger partial charge is 0.391 e. The van der Waals surface area contributed by atoms with Crippen molar-refractivity contribution in [1.82, 2.24) is 0 Å². The van der Waals surface area contributed by atoms with Crippen molar-refractivity contribution in [2.45, 2.75) is 51.1 Å². The Hall–Kier alpha value is -1.98. The zero-order valence-corrected chi connectivity index (χ0v) is 13.4. The minimum absolute atomic E-state index is 0.0193. The number of rotatable bonds is 2. The van der Waals surface area contributed by atoms with Crippen molar-refractivity contribution in [3.8, 4) is 5.75 Å². The molecular weight excluding hydrogens is 319 g/mol. The number of phenolic OH excluding ortho intramolecular Hbond substituents is 1. The average molecular weight is 339 g/mol. The SMILES string of the molecule is CCc1cc2c(O)cc(C3CCC(C(F)(F)F)CC3)cc2oc1=N. The summed E-state index contributed by atoms with van der Waals surface area (Å²) < 4.78 is 43.8. The summed E-state index contributed by atoms with van der Waals surface area (Å²) in [7, 11) is 0. The monoisotopic (exact) mass is 339 g/mol. The second kappa shape index (κ2) is 6.15. The Morgan fingerprint density at radius 2 is 1.83 bits per heavy atom. The van der Waals surface area contributed by atoms with Gasteiger partial charge in [0.1, 0.15) is 11.3 Å². The van der Waals surface area contributed by atoms with Gasteiger partial charge < -0.3 is 9.52 Å². The van der Waals surface area contributed by atoms with E-state index in [2.05, 4.69) is 0 Å². The normalized spacial score (nSPS) is 22.0. The van der Waals surface area contributed by atoms with Crippen molar-refractivity contribution in [1.29, 1.82) is 5.41 Å². The maximum atomic E-state index is 12.8. The number of aromatic hydroxyl groups is 1. The first-order chi connectivity index (χ1) is 11.3. The van der Waals surface area contributed by atoms with Crippen LogP contribution in [0.25, 0.3) is 11.0 Å². The van der Waals surface area contributed by atoms with Crippen LogP contribution in [0, 0.1) is 11.3 Å². The minimum atomic E-state index is -4.12. The maximum Gasteiger partial charge on any atom is 0.391 e. The molecule has 3 nitrogen and oxygen atoms in total. The first kappa shape index (κ1) is 16.9. The fourth-order valence-electron chi connectivity index (χ4n) is 3.53. The van der Waals surface area contributed by atoms with Crippen LogP contribution in [0.5, 0.6) is 5.75 Å². The van der Waals surface area contributed by atoms with E-state index in [1.54, 1.807) is 18.2 Å². The molecule has 2 N–H and O–H groups in total.